The van der Waals surface area contributed by atoms with E-state index in [9.17, 15) is 9.59 Å². The highest BCUT2D eigenvalue weighted by Gasteiger charge is 2.27. The van der Waals surface area contributed by atoms with Crippen molar-refractivity contribution in [3.8, 4) is 5.75 Å². The van der Waals surface area contributed by atoms with Crippen LogP contribution in [0.5, 0.6) is 5.75 Å². The van der Waals surface area contributed by atoms with Gasteiger partial charge >= 0.3 is 0 Å². The number of methoxy groups -OCH3 is 2. The smallest absolute Gasteiger partial charge is 0.257 e. The van der Waals surface area contributed by atoms with Gasteiger partial charge in [-0.2, -0.15) is 0 Å². The molecule has 1 unspecified atom stereocenters. The molecule has 0 radical (unpaired) electrons. The van der Waals surface area contributed by atoms with Gasteiger partial charge in [-0.3, -0.25) is 9.59 Å². The second-order valence-electron chi connectivity index (χ2n) is 10.4. The molecule has 1 N–H and O–H groups in total. The van der Waals surface area contributed by atoms with Crippen LogP contribution in [0.15, 0.2) is 33.5 Å². The quantitative estimate of drug-likeness (QED) is 0.374. The molecule has 2 fully saturated rings. The molecule has 4 heterocycles. The van der Waals surface area contributed by atoms with Crippen LogP contribution in [0.4, 0.5) is 16.8 Å². The predicted octanol–water partition coefficient (Wildman–Crippen LogP) is 4.37. The fraction of sp³-hybridized carbons (Fsp3) is 0.483. The number of nitrogens with one attached hydrogen (secondary N) is 1. The number of amides is 2. The number of rotatable bonds is 9. The first-order valence-corrected chi connectivity index (χ1v) is 15.6. The van der Waals surface area contributed by atoms with Crippen LogP contribution in [0.3, 0.4) is 0 Å². The summed E-state index contributed by atoms with van der Waals surface area (Å²) >= 11 is 3.08. The molecule has 5 rings (SSSR count). The largest absolute Gasteiger partial charge is 0.496 e. The lowest BCUT2D eigenvalue weighted by atomic mass is 10.1. The first-order chi connectivity index (χ1) is 20.2. The molecule has 2 aliphatic rings. The molecule has 0 saturated carbocycles. The summed E-state index contributed by atoms with van der Waals surface area (Å²) in [5, 5.41) is 4.08. The fourth-order valence-corrected chi connectivity index (χ4v) is 7.30. The van der Waals surface area contributed by atoms with Crippen LogP contribution >= 0.6 is 23.1 Å². The van der Waals surface area contributed by atoms with Gasteiger partial charge in [-0.05, 0) is 44.4 Å². The molecule has 224 valence electrons. The van der Waals surface area contributed by atoms with E-state index in [0.717, 1.165) is 45.0 Å². The lowest BCUT2D eigenvalue weighted by Gasteiger charge is -2.34. The number of thiazole rings is 1. The summed E-state index contributed by atoms with van der Waals surface area (Å²) in [6.07, 6.45) is 4.02. The standard InChI is InChI=1S/C29H37N7O4S2/c1-18-13-23(40-5)22(28(38)35-11-9-34(10-12-35)20(3)37)14-24(18)41-27-16-30-29(42-27)33-25-15-26(32-19(2)31-25)36-8-6-7-21(36)17-39-4/h13-16,21H,6-12,17H2,1-5H3,(H,30,31,32,33). The maximum absolute atomic E-state index is 13.5. The first kappa shape index (κ1) is 30.1. The average molecular weight is 612 g/mol. The van der Waals surface area contributed by atoms with Gasteiger partial charge in [-0.15, -0.1) is 0 Å². The van der Waals surface area contributed by atoms with Crippen molar-refractivity contribution in [2.45, 2.75) is 48.8 Å². The van der Waals surface area contributed by atoms with Gasteiger partial charge < -0.3 is 29.5 Å². The van der Waals surface area contributed by atoms with Crippen LogP contribution in [0.1, 0.15) is 41.5 Å². The molecule has 0 aliphatic carbocycles. The zero-order chi connectivity index (χ0) is 29.8. The summed E-state index contributed by atoms with van der Waals surface area (Å²) in [5.74, 6) is 2.77. The molecule has 1 atom stereocenters. The normalized spacial score (nSPS) is 17.1. The highest BCUT2D eigenvalue weighted by molar-refractivity contribution is 8.01. The summed E-state index contributed by atoms with van der Waals surface area (Å²) in [4.78, 5) is 45.8. The van der Waals surface area contributed by atoms with Gasteiger partial charge in [0.15, 0.2) is 5.13 Å². The van der Waals surface area contributed by atoms with E-state index in [-0.39, 0.29) is 11.8 Å². The van der Waals surface area contributed by atoms with E-state index in [1.165, 1.54) is 11.3 Å². The SMILES string of the molecule is COCC1CCCN1c1cc(Nc2ncc(Sc3cc(C(=O)N4CCN(C(C)=O)CC4)c(OC)cc3C)s2)nc(C)n1. The minimum absolute atomic E-state index is 0.0321. The van der Waals surface area contributed by atoms with Crippen LogP contribution in [0.2, 0.25) is 0 Å². The van der Waals surface area contributed by atoms with Gasteiger partial charge in [-0.25, -0.2) is 15.0 Å². The third-order valence-electron chi connectivity index (χ3n) is 7.52. The number of aryl methyl sites for hydroxylation is 2. The monoisotopic (exact) mass is 611 g/mol. The molecule has 0 spiro atoms. The van der Waals surface area contributed by atoms with Crippen molar-refractivity contribution >= 4 is 51.7 Å². The maximum Gasteiger partial charge on any atom is 0.257 e. The maximum atomic E-state index is 13.5. The van der Waals surface area contributed by atoms with Crippen molar-refractivity contribution in [3.05, 3.63) is 41.3 Å². The Bertz CT molecular complexity index is 1440. The molecule has 2 aromatic heterocycles. The Morgan fingerprint density at radius 3 is 2.55 bits per heavy atom. The molecule has 2 saturated heterocycles. The molecule has 2 amide bonds. The van der Waals surface area contributed by atoms with Gasteiger partial charge in [0, 0.05) is 57.7 Å². The van der Waals surface area contributed by atoms with Gasteiger partial charge in [0.2, 0.25) is 5.91 Å². The highest BCUT2D eigenvalue weighted by atomic mass is 32.2. The number of benzene rings is 1. The number of piperazine rings is 1. The van der Waals surface area contributed by atoms with Crippen LogP contribution < -0.4 is 15.0 Å². The Morgan fingerprint density at radius 1 is 1.07 bits per heavy atom. The summed E-state index contributed by atoms with van der Waals surface area (Å²) in [5.41, 5.74) is 1.52. The van der Waals surface area contributed by atoms with Gasteiger partial charge in [-0.1, -0.05) is 23.1 Å². The molecular formula is C29H37N7O4S2. The van der Waals surface area contributed by atoms with E-state index >= 15 is 0 Å². The summed E-state index contributed by atoms with van der Waals surface area (Å²) in [6.45, 7) is 9.14. The van der Waals surface area contributed by atoms with Crippen molar-refractivity contribution in [2.75, 3.05) is 63.8 Å². The van der Waals surface area contributed by atoms with E-state index in [0.29, 0.717) is 61.8 Å². The number of nitrogens with zero attached hydrogens (tertiary/aromatic N) is 6. The van der Waals surface area contributed by atoms with Crippen LogP contribution in [0, 0.1) is 13.8 Å². The van der Waals surface area contributed by atoms with E-state index in [1.807, 2.05) is 38.2 Å². The van der Waals surface area contributed by atoms with E-state index in [4.69, 9.17) is 9.47 Å². The Morgan fingerprint density at radius 2 is 1.83 bits per heavy atom. The van der Waals surface area contributed by atoms with Crippen LogP contribution in [-0.4, -0.2) is 96.2 Å². The van der Waals surface area contributed by atoms with Gasteiger partial charge in [0.25, 0.3) is 5.91 Å². The number of anilines is 3. The third kappa shape index (κ3) is 6.79. The molecule has 1 aromatic carbocycles. The number of aromatic nitrogens is 3. The fourth-order valence-electron chi connectivity index (χ4n) is 5.35. The molecule has 0 bridgehead atoms. The summed E-state index contributed by atoms with van der Waals surface area (Å²) in [6, 6.07) is 6.09. The second kappa shape index (κ2) is 13.3. The molecule has 13 heteroatoms. The van der Waals surface area contributed by atoms with E-state index in [2.05, 4.69) is 25.2 Å². The van der Waals surface area contributed by atoms with Crippen molar-refractivity contribution < 1.29 is 19.1 Å². The Hall–Kier alpha value is -3.42. The van der Waals surface area contributed by atoms with Crippen molar-refractivity contribution in [3.63, 3.8) is 0 Å². The number of ether oxygens (including phenoxy) is 2. The minimum Gasteiger partial charge on any atom is -0.496 e. The summed E-state index contributed by atoms with van der Waals surface area (Å²) < 4.78 is 12.0. The van der Waals surface area contributed by atoms with Crippen molar-refractivity contribution in [1.82, 2.24) is 24.8 Å². The lowest BCUT2D eigenvalue weighted by molar-refractivity contribution is -0.130. The van der Waals surface area contributed by atoms with Crippen molar-refractivity contribution in [2.24, 2.45) is 0 Å². The lowest BCUT2D eigenvalue weighted by Crippen LogP contribution is -2.50. The Kier molecular flexibility index (Phi) is 9.49. The molecule has 2 aliphatic heterocycles. The number of carbonyl (C=O) groups is 2. The molecular weight excluding hydrogens is 574 g/mol. The minimum atomic E-state index is -0.0933. The Balaban J connectivity index is 1.30. The zero-order valence-electron chi connectivity index (χ0n) is 24.7. The second-order valence-corrected chi connectivity index (χ2v) is 12.8. The van der Waals surface area contributed by atoms with E-state index in [1.54, 1.807) is 42.7 Å². The van der Waals surface area contributed by atoms with Crippen LogP contribution in [-0.2, 0) is 9.53 Å². The molecule has 3 aromatic rings. The molecule has 11 nitrogen and oxygen atoms in total. The summed E-state index contributed by atoms with van der Waals surface area (Å²) in [7, 11) is 3.31. The van der Waals surface area contributed by atoms with Crippen molar-refractivity contribution in [1.29, 1.82) is 0 Å². The molecule has 42 heavy (non-hydrogen) atoms. The first-order valence-electron chi connectivity index (χ1n) is 14.0. The van der Waals surface area contributed by atoms with Crippen LogP contribution in [0.25, 0.3) is 0 Å². The highest BCUT2D eigenvalue weighted by Crippen LogP contribution is 2.39. The van der Waals surface area contributed by atoms with Gasteiger partial charge in [0.1, 0.15) is 23.2 Å². The predicted molar refractivity (Wildman–Crippen MR) is 164 cm³/mol. The number of carbonyl (C=O) groups excluding carboxylic acids is 2. The number of hydrogen-bond acceptors (Lipinski definition) is 11. The number of hydrogen-bond donors (Lipinski definition) is 1. The third-order valence-corrected chi connectivity index (χ3v) is 9.70. The zero-order valence-corrected chi connectivity index (χ0v) is 26.3. The topological polar surface area (TPSA) is 113 Å². The average Bonchev–Trinajstić information content (AvgIpc) is 3.63. The van der Waals surface area contributed by atoms with E-state index < -0.39 is 0 Å². The Labute approximate surface area is 254 Å². The van der Waals surface area contributed by atoms with Gasteiger partial charge in [0.05, 0.1) is 35.7 Å².